The molecule has 0 aliphatic rings. The van der Waals surface area contributed by atoms with Gasteiger partial charge in [0.25, 0.3) is 5.91 Å². The fourth-order valence-corrected chi connectivity index (χ4v) is 2.67. The summed E-state index contributed by atoms with van der Waals surface area (Å²) in [6, 6.07) is 13.3. The molecule has 0 bridgehead atoms. The van der Waals surface area contributed by atoms with Gasteiger partial charge < -0.3 is 10.3 Å². The number of hydrogen-bond acceptors (Lipinski definition) is 4. The number of rotatable bonds is 3. The Hall–Kier alpha value is -3.54. The normalized spacial score (nSPS) is 10.8. The van der Waals surface area contributed by atoms with E-state index in [-0.39, 0.29) is 5.91 Å². The topological polar surface area (TPSA) is 83.6 Å². The molecule has 0 radical (unpaired) electrons. The number of pyridine rings is 1. The van der Waals surface area contributed by atoms with E-state index < -0.39 is 0 Å². The number of amides is 1. The van der Waals surface area contributed by atoms with Crippen LogP contribution >= 0.6 is 0 Å². The molecule has 25 heavy (non-hydrogen) atoms. The van der Waals surface area contributed by atoms with Crippen LogP contribution in [0.25, 0.3) is 22.4 Å². The van der Waals surface area contributed by atoms with Gasteiger partial charge in [-0.05, 0) is 25.1 Å². The Labute approximate surface area is 144 Å². The number of aromatic nitrogens is 4. The van der Waals surface area contributed by atoms with Gasteiger partial charge in [-0.1, -0.05) is 24.3 Å². The molecule has 6 nitrogen and oxygen atoms in total. The van der Waals surface area contributed by atoms with E-state index in [0.29, 0.717) is 22.8 Å². The van der Waals surface area contributed by atoms with Crippen molar-refractivity contribution in [3.05, 3.63) is 72.3 Å². The summed E-state index contributed by atoms with van der Waals surface area (Å²) < 4.78 is 0. The molecule has 122 valence electrons. The van der Waals surface area contributed by atoms with E-state index in [0.717, 1.165) is 16.6 Å². The highest BCUT2D eigenvalue weighted by Gasteiger charge is 2.14. The minimum atomic E-state index is -0.241. The van der Waals surface area contributed by atoms with Gasteiger partial charge >= 0.3 is 0 Å². The van der Waals surface area contributed by atoms with Crippen LogP contribution in [0, 0.1) is 6.92 Å². The van der Waals surface area contributed by atoms with Gasteiger partial charge in [0.1, 0.15) is 5.69 Å². The summed E-state index contributed by atoms with van der Waals surface area (Å²) in [6.07, 6.45) is 5.00. The fourth-order valence-electron chi connectivity index (χ4n) is 2.67. The van der Waals surface area contributed by atoms with Crippen molar-refractivity contribution in [1.82, 2.24) is 19.9 Å². The number of nitrogens with zero attached hydrogens (tertiary/aromatic N) is 3. The lowest BCUT2D eigenvalue weighted by atomic mass is 10.2. The minimum Gasteiger partial charge on any atom is -0.359 e. The molecule has 3 aromatic heterocycles. The van der Waals surface area contributed by atoms with Crippen LogP contribution < -0.4 is 5.32 Å². The van der Waals surface area contributed by atoms with Crippen LogP contribution in [0.15, 0.2) is 61.1 Å². The molecule has 4 aromatic rings. The molecule has 6 heteroatoms. The third kappa shape index (κ3) is 2.85. The van der Waals surface area contributed by atoms with Crippen LogP contribution in [-0.2, 0) is 0 Å². The number of fused-ring (bicyclic) bond motifs is 1. The molecule has 0 aliphatic carbocycles. The Morgan fingerprint density at radius 3 is 2.72 bits per heavy atom. The van der Waals surface area contributed by atoms with Gasteiger partial charge in [0.2, 0.25) is 0 Å². The average molecular weight is 329 g/mol. The number of benzene rings is 1. The Bertz CT molecular complexity index is 1060. The van der Waals surface area contributed by atoms with E-state index in [4.69, 9.17) is 0 Å². The van der Waals surface area contributed by atoms with E-state index in [1.54, 1.807) is 19.3 Å². The highest BCUT2D eigenvalue weighted by Crippen LogP contribution is 2.23. The second-order valence-electron chi connectivity index (χ2n) is 5.61. The zero-order chi connectivity index (χ0) is 17.2. The molecule has 3 heterocycles. The van der Waals surface area contributed by atoms with Crippen molar-refractivity contribution in [3.8, 4) is 11.5 Å². The summed E-state index contributed by atoms with van der Waals surface area (Å²) in [5.74, 6) is 0.261. The Morgan fingerprint density at radius 2 is 1.92 bits per heavy atom. The van der Waals surface area contributed by atoms with Crippen molar-refractivity contribution in [2.45, 2.75) is 6.92 Å². The lowest BCUT2D eigenvalue weighted by molar-refractivity contribution is 0.102. The minimum absolute atomic E-state index is 0.241. The highest BCUT2D eigenvalue weighted by atomic mass is 16.1. The molecule has 0 aliphatic heterocycles. The molecule has 2 N–H and O–H groups in total. The standard InChI is InChI=1S/C19H15N5O/c1-12-14(10-22-18(23-12)16-8-4-5-9-20-16)19(25)24-17-11-21-15-7-3-2-6-13(15)17/h2-11,21H,1H3,(H,24,25). The van der Waals surface area contributed by atoms with Gasteiger partial charge in [-0.25, -0.2) is 9.97 Å². The summed E-state index contributed by atoms with van der Waals surface area (Å²) in [5, 5.41) is 3.87. The Balaban J connectivity index is 1.62. The molecule has 1 aromatic carbocycles. The molecular formula is C19H15N5O. The number of nitrogens with one attached hydrogen (secondary N) is 2. The zero-order valence-electron chi connectivity index (χ0n) is 13.5. The van der Waals surface area contributed by atoms with E-state index in [1.807, 2.05) is 42.5 Å². The van der Waals surface area contributed by atoms with Crippen LogP contribution in [0.5, 0.6) is 0 Å². The smallest absolute Gasteiger partial charge is 0.259 e. The lowest BCUT2D eigenvalue weighted by Gasteiger charge is -2.07. The molecular weight excluding hydrogens is 314 g/mol. The Kier molecular flexibility index (Phi) is 3.70. The van der Waals surface area contributed by atoms with Crippen molar-refractivity contribution >= 4 is 22.5 Å². The maximum absolute atomic E-state index is 12.6. The number of carbonyl (C=O) groups is 1. The number of H-pyrrole nitrogens is 1. The number of carbonyl (C=O) groups excluding carboxylic acids is 1. The zero-order valence-corrected chi connectivity index (χ0v) is 13.5. The molecule has 4 rings (SSSR count). The summed E-state index contributed by atoms with van der Waals surface area (Å²) in [5.41, 5.74) is 3.41. The SMILES string of the molecule is Cc1nc(-c2ccccn2)ncc1C(=O)Nc1c[nH]c2ccccc12. The lowest BCUT2D eigenvalue weighted by Crippen LogP contribution is -2.15. The molecule has 0 spiro atoms. The molecule has 0 unspecified atom stereocenters. The van der Waals surface area contributed by atoms with Crippen molar-refractivity contribution in [2.75, 3.05) is 5.32 Å². The van der Waals surface area contributed by atoms with Crippen LogP contribution in [0.3, 0.4) is 0 Å². The highest BCUT2D eigenvalue weighted by molar-refractivity contribution is 6.09. The van der Waals surface area contributed by atoms with E-state index in [2.05, 4.69) is 25.3 Å². The first-order valence-electron chi connectivity index (χ1n) is 7.85. The van der Waals surface area contributed by atoms with Gasteiger partial charge in [0, 0.05) is 29.5 Å². The van der Waals surface area contributed by atoms with Gasteiger partial charge in [0.15, 0.2) is 5.82 Å². The Morgan fingerprint density at radius 1 is 1.08 bits per heavy atom. The van der Waals surface area contributed by atoms with Gasteiger partial charge in [-0.2, -0.15) is 0 Å². The molecule has 0 atom stereocenters. The van der Waals surface area contributed by atoms with E-state index in [1.165, 1.54) is 6.20 Å². The number of para-hydroxylation sites is 1. The van der Waals surface area contributed by atoms with Crippen molar-refractivity contribution in [3.63, 3.8) is 0 Å². The first-order valence-corrected chi connectivity index (χ1v) is 7.85. The maximum atomic E-state index is 12.6. The average Bonchev–Trinajstić information content (AvgIpc) is 3.05. The van der Waals surface area contributed by atoms with Crippen molar-refractivity contribution in [1.29, 1.82) is 0 Å². The van der Waals surface area contributed by atoms with Crippen LogP contribution in [0.1, 0.15) is 16.1 Å². The van der Waals surface area contributed by atoms with Gasteiger partial charge in [-0.3, -0.25) is 9.78 Å². The number of anilines is 1. The van der Waals surface area contributed by atoms with Crippen molar-refractivity contribution in [2.24, 2.45) is 0 Å². The van der Waals surface area contributed by atoms with Crippen LogP contribution in [0.2, 0.25) is 0 Å². The quantitative estimate of drug-likeness (QED) is 0.602. The predicted octanol–water partition coefficient (Wildman–Crippen LogP) is 3.58. The van der Waals surface area contributed by atoms with E-state index >= 15 is 0 Å². The second-order valence-corrected chi connectivity index (χ2v) is 5.61. The van der Waals surface area contributed by atoms with Gasteiger partial charge in [0.05, 0.1) is 16.9 Å². The summed E-state index contributed by atoms with van der Waals surface area (Å²) in [7, 11) is 0. The number of aryl methyl sites for hydroxylation is 1. The van der Waals surface area contributed by atoms with Gasteiger partial charge in [-0.15, -0.1) is 0 Å². The number of hydrogen-bond donors (Lipinski definition) is 2. The summed E-state index contributed by atoms with van der Waals surface area (Å²) in [6.45, 7) is 1.79. The summed E-state index contributed by atoms with van der Waals surface area (Å²) in [4.78, 5) is 28.7. The van der Waals surface area contributed by atoms with Crippen LogP contribution in [0.4, 0.5) is 5.69 Å². The largest absolute Gasteiger partial charge is 0.359 e. The predicted molar refractivity (Wildman–Crippen MR) is 96.3 cm³/mol. The van der Waals surface area contributed by atoms with Crippen LogP contribution in [-0.4, -0.2) is 25.8 Å². The monoisotopic (exact) mass is 329 g/mol. The maximum Gasteiger partial charge on any atom is 0.259 e. The molecule has 0 fully saturated rings. The second kappa shape index (κ2) is 6.16. The molecule has 0 saturated heterocycles. The fraction of sp³-hybridized carbons (Fsp3) is 0.0526. The number of aromatic amines is 1. The summed E-state index contributed by atoms with van der Waals surface area (Å²) >= 11 is 0. The first kappa shape index (κ1) is 15.0. The first-order chi connectivity index (χ1) is 12.2. The van der Waals surface area contributed by atoms with Crippen molar-refractivity contribution < 1.29 is 4.79 Å². The molecule has 1 amide bonds. The van der Waals surface area contributed by atoms with E-state index in [9.17, 15) is 4.79 Å². The third-order valence-corrected chi connectivity index (χ3v) is 3.96. The third-order valence-electron chi connectivity index (χ3n) is 3.96. The molecule has 0 saturated carbocycles.